The minimum Gasteiger partial charge on any atom is -0.377 e. The van der Waals surface area contributed by atoms with Crippen LogP contribution in [0.15, 0.2) is 24.5 Å². The van der Waals surface area contributed by atoms with Crippen LogP contribution in [0, 0.1) is 0 Å². The summed E-state index contributed by atoms with van der Waals surface area (Å²) in [5.41, 5.74) is 1.30. The van der Waals surface area contributed by atoms with Gasteiger partial charge in [-0.1, -0.05) is 12.8 Å². The van der Waals surface area contributed by atoms with Gasteiger partial charge in [0.15, 0.2) is 0 Å². The van der Waals surface area contributed by atoms with Crippen molar-refractivity contribution in [3.63, 3.8) is 0 Å². The van der Waals surface area contributed by atoms with Crippen LogP contribution in [0.4, 0.5) is 5.69 Å². The smallest absolute Gasteiger partial charge is 0.0594 e. The topological polar surface area (TPSA) is 37.4 Å². The fraction of sp³-hybridized carbons (Fsp3) is 0.706. The Morgan fingerprint density at radius 3 is 2.52 bits per heavy atom. The van der Waals surface area contributed by atoms with E-state index in [1.807, 2.05) is 12.4 Å². The van der Waals surface area contributed by atoms with E-state index >= 15 is 0 Å². The number of nitrogens with zero attached hydrogens (tertiary/aromatic N) is 2. The van der Waals surface area contributed by atoms with Crippen LogP contribution in [0.5, 0.6) is 0 Å². The first kappa shape index (κ1) is 14.8. The number of rotatable bonds is 6. The molecule has 1 aliphatic heterocycles. The molecule has 21 heavy (non-hydrogen) atoms. The van der Waals surface area contributed by atoms with Gasteiger partial charge in [-0.15, -0.1) is 0 Å². The van der Waals surface area contributed by atoms with E-state index in [0.717, 1.165) is 26.2 Å². The van der Waals surface area contributed by atoms with Gasteiger partial charge in [-0.2, -0.15) is 0 Å². The molecule has 2 heterocycles. The van der Waals surface area contributed by atoms with Gasteiger partial charge in [0.1, 0.15) is 0 Å². The van der Waals surface area contributed by atoms with Gasteiger partial charge in [-0.3, -0.25) is 4.98 Å². The maximum atomic E-state index is 5.90. The van der Waals surface area contributed by atoms with E-state index in [0.29, 0.717) is 12.1 Å². The summed E-state index contributed by atoms with van der Waals surface area (Å²) in [4.78, 5) is 6.54. The number of hydrogen-bond acceptors (Lipinski definition) is 4. The van der Waals surface area contributed by atoms with Gasteiger partial charge >= 0.3 is 0 Å². The van der Waals surface area contributed by atoms with Crippen molar-refractivity contribution in [2.45, 2.75) is 50.7 Å². The number of anilines is 1. The van der Waals surface area contributed by atoms with Crippen molar-refractivity contribution in [2.24, 2.45) is 0 Å². The predicted molar refractivity (Wildman–Crippen MR) is 85.7 cm³/mol. The highest BCUT2D eigenvalue weighted by molar-refractivity contribution is 5.44. The lowest BCUT2D eigenvalue weighted by molar-refractivity contribution is 0.0587. The van der Waals surface area contributed by atoms with E-state index < -0.39 is 0 Å². The first-order valence-corrected chi connectivity index (χ1v) is 8.42. The quantitative estimate of drug-likeness (QED) is 0.817. The highest BCUT2D eigenvalue weighted by atomic mass is 16.5. The van der Waals surface area contributed by atoms with E-state index in [1.54, 1.807) is 0 Å². The van der Waals surface area contributed by atoms with Gasteiger partial charge in [0, 0.05) is 43.8 Å². The predicted octanol–water partition coefficient (Wildman–Crippen LogP) is 2.60. The molecular weight excluding hydrogens is 262 g/mol. The Hall–Kier alpha value is -1.13. The fourth-order valence-corrected chi connectivity index (χ4v) is 3.44. The Bertz CT molecular complexity index is 398. The average Bonchev–Trinajstić information content (AvgIpc) is 3.06. The van der Waals surface area contributed by atoms with Crippen LogP contribution in [0.3, 0.4) is 0 Å². The maximum absolute atomic E-state index is 5.90. The molecule has 116 valence electrons. The van der Waals surface area contributed by atoms with Crippen molar-refractivity contribution in [1.82, 2.24) is 10.3 Å². The molecule has 1 saturated heterocycles. The zero-order chi connectivity index (χ0) is 14.3. The normalized spacial score (nSPS) is 21.0. The monoisotopic (exact) mass is 289 g/mol. The molecule has 0 atom stereocenters. The number of aromatic nitrogens is 1. The highest BCUT2D eigenvalue weighted by Crippen LogP contribution is 2.21. The zero-order valence-electron chi connectivity index (χ0n) is 12.8. The van der Waals surface area contributed by atoms with Gasteiger partial charge < -0.3 is 15.0 Å². The Morgan fingerprint density at radius 1 is 1.10 bits per heavy atom. The van der Waals surface area contributed by atoms with Gasteiger partial charge in [0.2, 0.25) is 0 Å². The van der Waals surface area contributed by atoms with Gasteiger partial charge in [-0.05, 0) is 37.8 Å². The first-order valence-electron chi connectivity index (χ1n) is 8.42. The highest BCUT2D eigenvalue weighted by Gasteiger charge is 2.19. The molecule has 0 radical (unpaired) electrons. The molecule has 3 rings (SSSR count). The summed E-state index contributed by atoms with van der Waals surface area (Å²) in [5, 5.41) is 3.65. The molecule has 1 N–H and O–H groups in total. The van der Waals surface area contributed by atoms with Crippen molar-refractivity contribution in [3.05, 3.63) is 24.5 Å². The second kappa shape index (κ2) is 7.76. The van der Waals surface area contributed by atoms with Gasteiger partial charge in [0.25, 0.3) is 0 Å². The molecule has 0 amide bonds. The molecule has 1 aromatic heterocycles. The van der Waals surface area contributed by atoms with Crippen LogP contribution in [0.25, 0.3) is 0 Å². The lowest BCUT2D eigenvalue weighted by atomic mass is 10.0. The van der Waals surface area contributed by atoms with Crippen molar-refractivity contribution in [2.75, 3.05) is 31.1 Å². The minimum absolute atomic E-state index is 0.542. The summed E-state index contributed by atoms with van der Waals surface area (Å²) in [6.45, 7) is 4.13. The Labute approximate surface area is 127 Å². The first-order chi connectivity index (χ1) is 10.4. The van der Waals surface area contributed by atoms with Gasteiger partial charge in [-0.25, -0.2) is 0 Å². The molecule has 2 aliphatic rings. The molecule has 4 nitrogen and oxygen atoms in total. The van der Waals surface area contributed by atoms with Crippen molar-refractivity contribution < 1.29 is 4.74 Å². The molecule has 1 saturated carbocycles. The molecule has 0 spiro atoms. The number of ether oxygens (including phenoxy) is 1. The number of hydrogen-bond donors (Lipinski definition) is 1. The van der Waals surface area contributed by atoms with E-state index in [1.165, 1.54) is 44.2 Å². The third-order valence-corrected chi connectivity index (χ3v) is 4.71. The van der Waals surface area contributed by atoms with Crippen LogP contribution < -0.4 is 10.2 Å². The molecule has 0 unspecified atom stereocenters. The van der Waals surface area contributed by atoms with E-state index in [-0.39, 0.29) is 0 Å². The maximum Gasteiger partial charge on any atom is 0.0594 e. The largest absolute Gasteiger partial charge is 0.377 e. The summed E-state index contributed by atoms with van der Waals surface area (Å²) in [5.74, 6) is 0. The summed E-state index contributed by atoms with van der Waals surface area (Å²) in [6, 6.07) is 4.85. The number of nitrogens with one attached hydrogen (secondary N) is 1. The summed E-state index contributed by atoms with van der Waals surface area (Å²) >= 11 is 0. The van der Waals surface area contributed by atoms with Crippen molar-refractivity contribution in [1.29, 1.82) is 0 Å². The standard InChI is InChI=1S/C17H27N3O/c1-2-4-17(3-1)21-14-11-19-15-7-12-20(13-8-15)16-5-9-18-10-6-16/h5-6,9-10,15,17,19H,1-4,7-8,11-14H2. The lowest BCUT2D eigenvalue weighted by Gasteiger charge is -2.34. The number of pyridine rings is 1. The lowest BCUT2D eigenvalue weighted by Crippen LogP contribution is -2.43. The third-order valence-electron chi connectivity index (χ3n) is 4.71. The minimum atomic E-state index is 0.542. The van der Waals surface area contributed by atoms with E-state index in [4.69, 9.17) is 4.74 Å². The van der Waals surface area contributed by atoms with Crippen molar-refractivity contribution in [3.8, 4) is 0 Å². The van der Waals surface area contributed by atoms with Gasteiger partial charge in [0.05, 0.1) is 12.7 Å². The second-order valence-electron chi connectivity index (χ2n) is 6.20. The molecule has 4 heteroatoms. The average molecular weight is 289 g/mol. The molecule has 0 aromatic carbocycles. The van der Waals surface area contributed by atoms with Crippen LogP contribution in [-0.2, 0) is 4.74 Å². The summed E-state index contributed by atoms with van der Waals surface area (Å²) in [7, 11) is 0. The Morgan fingerprint density at radius 2 is 1.81 bits per heavy atom. The van der Waals surface area contributed by atoms with Crippen LogP contribution in [-0.4, -0.2) is 43.4 Å². The number of piperidine rings is 1. The van der Waals surface area contributed by atoms with E-state index in [9.17, 15) is 0 Å². The summed E-state index contributed by atoms with van der Waals surface area (Å²) in [6.07, 6.45) is 12.0. The van der Waals surface area contributed by atoms with Crippen LogP contribution >= 0.6 is 0 Å². The van der Waals surface area contributed by atoms with Crippen LogP contribution in [0.1, 0.15) is 38.5 Å². The van der Waals surface area contributed by atoms with Crippen LogP contribution in [0.2, 0.25) is 0 Å². The Kier molecular flexibility index (Phi) is 5.46. The fourth-order valence-electron chi connectivity index (χ4n) is 3.44. The molecule has 2 fully saturated rings. The van der Waals surface area contributed by atoms with Crippen molar-refractivity contribution >= 4 is 5.69 Å². The molecule has 0 bridgehead atoms. The molecule has 1 aromatic rings. The summed E-state index contributed by atoms with van der Waals surface area (Å²) < 4.78 is 5.90. The molecular formula is C17H27N3O. The Balaban J connectivity index is 1.30. The molecule has 1 aliphatic carbocycles. The second-order valence-corrected chi connectivity index (χ2v) is 6.20. The zero-order valence-corrected chi connectivity index (χ0v) is 12.8. The van der Waals surface area contributed by atoms with E-state index in [2.05, 4.69) is 27.3 Å². The third kappa shape index (κ3) is 4.42. The SMILES string of the molecule is c1cc(N2CCC(NCCOC3CCCC3)CC2)ccn1.